The standard InChI is InChI=1S/C27H23FN2O3/c1-3-33-27(32)24-17-25(19-7-5-4-6-8-19)30(18(24)2)23-15-9-20(10-16-23)26(31)29-22-13-11-21(28)12-14-22/h4-17H,3H2,1-2H3,(H,29,31). The lowest BCUT2D eigenvalue weighted by Gasteiger charge is -2.13. The van der Waals surface area contributed by atoms with Gasteiger partial charge >= 0.3 is 5.97 Å². The third kappa shape index (κ3) is 4.70. The van der Waals surface area contributed by atoms with Crippen LogP contribution in [-0.2, 0) is 4.74 Å². The highest BCUT2D eigenvalue weighted by molar-refractivity contribution is 6.04. The Morgan fingerprint density at radius 2 is 1.61 bits per heavy atom. The number of rotatable bonds is 6. The van der Waals surface area contributed by atoms with Crippen molar-refractivity contribution >= 4 is 17.6 Å². The zero-order chi connectivity index (χ0) is 23.4. The molecule has 3 aromatic carbocycles. The zero-order valence-electron chi connectivity index (χ0n) is 18.3. The molecule has 0 spiro atoms. The van der Waals surface area contributed by atoms with Gasteiger partial charge in [-0.3, -0.25) is 4.79 Å². The minimum atomic E-state index is -0.374. The summed E-state index contributed by atoms with van der Waals surface area (Å²) in [7, 11) is 0. The predicted molar refractivity (Wildman–Crippen MR) is 126 cm³/mol. The van der Waals surface area contributed by atoms with E-state index in [9.17, 15) is 14.0 Å². The monoisotopic (exact) mass is 442 g/mol. The second kappa shape index (κ2) is 9.53. The van der Waals surface area contributed by atoms with Gasteiger partial charge in [0.25, 0.3) is 5.91 Å². The van der Waals surface area contributed by atoms with E-state index in [0.717, 1.165) is 22.6 Å². The third-order valence-electron chi connectivity index (χ3n) is 5.30. The number of amides is 1. The van der Waals surface area contributed by atoms with Gasteiger partial charge in [0.1, 0.15) is 5.82 Å². The summed E-state index contributed by atoms with van der Waals surface area (Å²) in [5, 5.41) is 2.75. The van der Waals surface area contributed by atoms with Gasteiger partial charge in [0.15, 0.2) is 0 Å². The van der Waals surface area contributed by atoms with Gasteiger partial charge in [-0.05, 0) is 74.0 Å². The van der Waals surface area contributed by atoms with E-state index in [1.54, 1.807) is 19.1 Å². The van der Waals surface area contributed by atoms with Crippen LogP contribution >= 0.6 is 0 Å². The number of anilines is 1. The lowest BCUT2D eigenvalue weighted by molar-refractivity contribution is 0.0525. The van der Waals surface area contributed by atoms with Gasteiger partial charge < -0.3 is 14.6 Å². The molecule has 0 saturated carbocycles. The van der Waals surface area contributed by atoms with Crippen molar-refractivity contribution in [3.05, 3.63) is 108 Å². The van der Waals surface area contributed by atoms with Gasteiger partial charge in [-0.1, -0.05) is 30.3 Å². The fourth-order valence-electron chi connectivity index (χ4n) is 3.67. The quantitative estimate of drug-likeness (QED) is 0.372. The fourth-order valence-corrected chi connectivity index (χ4v) is 3.67. The summed E-state index contributed by atoms with van der Waals surface area (Å²) in [6.07, 6.45) is 0. The number of benzene rings is 3. The minimum Gasteiger partial charge on any atom is -0.462 e. The number of nitrogens with zero attached hydrogens (tertiary/aromatic N) is 1. The molecule has 0 atom stereocenters. The highest BCUT2D eigenvalue weighted by Gasteiger charge is 2.20. The van der Waals surface area contributed by atoms with Crippen molar-refractivity contribution in [3.8, 4) is 16.9 Å². The molecule has 0 radical (unpaired) electrons. The molecule has 0 fully saturated rings. The highest BCUT2D eigenvalue weighted by Crippen LogP contribution is 2.30. The number of carbonyl (C=O) groups excluding carboxylic acids is 2. The smallest absolute Gasteiger partial charge is 0.339 e. The van der Waals surface area contributed by atoms with Crippen molar-refractivity contribution in [3.63, 3.8) is 0 Å². The number of carbonyl (C=O) groups is 2. The van der Waals surface area contributed by atoms with E-state index < -0.39 is 0 Å². The van der Waals surface area contributed by atoms with Crippen molar-refractivity contribution in [1.29, 1.82) is 0 Å². The molecule has 6 heteroatoms. The number of hydrogen-bond acceptors (Lipinski definition) is 3. The molecule has 4 aromatic rings. The van der Waals surface area contributed by atoms with E-state index in [1.165, 1.54) is 24.3 Å². The third-order valence-corrected chi connectivity index (χ3v) is 5.30. The maximum absolute atomic E-state index is 13.1. The van der Waals surface area contributed by atoms with Crippen LogP contribution in [0.1, 0.15) is 33.3 Å². The van der Waals surface area contributed by atoms with Gasteiger partial charge in [-0.15, -0.1) is 0 Å². The van der Waals surface area contributed by atoms with Crippen molar-refractivity contribution < 1.29 is 18.7 Å². The molecule has 33 heavy (non-hydrogen) atoms. The number of aromatic nitrogens is 1. The Bertz CT molecular complexity index is 1280. The molecule has 5 nitrogen and oxygen atoms in total. The number of esters is 1. The lowest BCUT2D eigenvalue weighted by Crippen LogP contribution is -2.12. The van der Waals surface area contributed by atoms with Crippen molar-refractivity contribution in [2.24, 2.45) is 0 Å². The summed E-state index contributed by atoms with van der Waals surface area (Å²) < 4.78 is 20.3. The lowest BCUT2D eigenvalue weighted by atomic mass is 10.1. The Morgan fingerprint density at radius 1 is 0.939 bits per heavy atom. The van der Waals surface area contributed by atoms with Crippen molar-refractivity contribution in [2.75, 3.05) is 11.9 Å². The van der Waals surface area contributed by atoms with Crippen LogP contribution in [0.2, 0.25) is 0 Å². The molecule has 4 rings (SSSR count). The van der Waals surface area contributed by atoms with Crippen LogP contribution in [0.5, 0.6) is 0 Å². The van der Waals surface area contributed by atoms with E-state index in [-0.39, 0.29) is 17.7 Å². The molecular formula is C27H23FN2O3. The van der Waals surface area contributed by atoms with E-state index >= 15 is 0 Å². The van der Waals surface area contributed by atoms with Gasteiger partial charge in [0, 0.05) is 22.6 Å². The Balaban J connectivity index is 1.68. The Hall–Kier alpha value is -4.19. The number of halogens is 1. The maximum atomic E-state index is 13.1. The summed E-state index contributed by atoms with van der Waals surface area (Å²) in [6, 6.07) is 24.3. The summed E-state index contributed by atoms with van der Waals surface area (Å²) in [5.41, 5.74) is 4.82. The van der Waals surface area contributed by atoms with Crippen LogP contribution in [0.4, 0.5) is 10.1 Å². The van der Waals surface area contributed by atoms with Gasteiger partial charge in [-0.2, -0.15) is 0 Å². The largest absolute Gasteiger partial charge is 0.462 e. The van der Waals surface area contributed by atoms with E-state index in [2.05, 4.69) is 5.32 Å². The van der Waals surface area contributed by atoms with Crippen molar-refractivity contribution in [1.82, 2.24) is 4.57 Å². The molecule has 1 heterocycles. The molecule has 0 unspecified atom stereocenters. The normalized spacial score (nSPS) is 10.6. The Morgan fingerprint density at radius 3 is 2.24 bits per heavy atom. The van der Waals surface area contributed by atoms with E-state index in [1.807, 2.05) is 60.0 Å². The Labute approximate surface area is 191 Å². The first-order valence-electron chi connectivity index (χ1n) is 10.6. The highest BCUT2D eigenvalue weighted by atomic mass is 19.1. The predicted octanol–water partition coefficient (Wildman–Crippen LogP) is 6.02. The van der Waals surface area contributed by atoms with Crippen LogP contribution in [0.15, 0.2) is 84.9 Å². The van der Waals surface area contributed by atoms with Gasteiger partial charge in [0.05, 0.1) is 17.9 Å². The molecule has 166 valence electrons. The number of hydrogen-bond donors (Lipinski definition) is 1. The van der Waals surface area contributed by atoms with Crippen LogP contribution in [-0.4, -0.2) is 23.1 Å². The van der Waals surface area contributed by atoms with E-state index in [4.69, 9.17) is 4.74 Å². The van der Waals surface area contributed by atoms with Crippen LogP contribution < -0.4 is 5.32 Å². The molecule has 0 aliphatic rings. The fraction of sp³-hybridized carbons (Fsp3) is 0.111. The number of nitrogens with one attached hydrogen (secondary N) is 1. The second-order valence-corrected chi connectivity index (χ2v) is 7.46. The summed E-state index contributed by atoms with van der Waals surface area (Å²) in [4.78, 5) is 25.1. The average Bonchev–Trinajstić information content (AvgIpc) is 3.18. The number of ether oxygens (including phenoxy) is 1. The van der Waals surface area contributed by atoms with Crippen LogP contribution in [0.25, 0.3) is 16.9 Å². The van der Waals surface area contributed by atoms with E-state index in [0.29, 0.717) is 23.4 Å². The summed E-state index contributed by atoms with van der Waals surface area (Å²) >= 11 is 0. The molecule has 0 aliphatic carbocycles. The summed E-state index contributed by atoms with van der Waals surface area (Å²) in [6.45, 7) is 3.94. The molecular weight excluding hydrogens is 419 g/mol. The SMILES string of the molecule is CCOC(=O)c1cc(-c2ccccc2)n(-c2ccc(C(=O)Nc3ccc(F)cc3)cc2)c1C. The van der Waals surface area contributed by atoms with Crippen LogP contribution in [0, 0.1) is 12.7 Å². The second-order valence-electron chi connectivity index (χ2n) is 7.46. The van der Waals surface area contributed by atoms with Crippen molar-refractivity contribution in [2.45, 2.75) is 13.8 Å². The first kappa shape index (κ1) is 22.0. The topological polar surface area (TPSA) is 60.3 Å². The zero-order valence-corrected chi connectivity index (χ0v) is 18.3. The first-order chi connectivity index (χ1) is 16.0. The minimum absolute atomic E-state index is 0.294. The molecule has 1 aromatic heterocycles. The molecule has 0 saturated heterocycles. The van der Waals surface area contributed by atoms with Gasteiger partial charge in [0.2, 0.25) is 0 Å². The molecule has 1 amide bonds. The summed E-state index contributed by atoms with van der Waals surface area (Å²) in [5.74, 6) is -1.04. The Kier molecular flexibility index (Phi) is 6.36. The molecule has 0 bridgehead atoms. The maximum Gasteiger partial charge on any atom is 0.339 e. The molecule has 1 N–H and O–H groups in total. The first-order valence-corrected chi connectivity index (χ1v) is 10.6. The average molecular weight is 442 g/mol. The van der Waals surface area contributed by atoms with Crippen LogP contribution in [0.3, 0.4) is 0 Å². The van der Waals surface area contributed by atoms with Gasteiger partial charge in [-0.25, -0.2) is 9.18 Å². The molecule has 0 aliphatic heterocycles.